The number of carbonyl (C=O) groups is 1. The van der Waals surface area contributed by atoms with E-state index in [0.29, 0.717) is 18.4 Å². The van der Waals surface area contributed by atoms with Gasteiger partial charge >= 0.3 is 6.03 Å². The van der Waals surface area contributed by atoms with Crippen LogP contribution in [0.4, 0.5) is 10.5 Å². The van der Waals surface area contributed by atoms with Gasteiger partial charge in [0, 0.05) is 16.3 Å². The molecule has 2 aliphatic carbocycles. The molecule has 1 aromatic rings. The van der Waals surface area contributed by atoms with Gasteiger partial charge in [-0.2, -0.15) is 0 Å². The van der Waals surface area contributed by atoms with Gasteiger partial charge < -0.3 is 10.2 Å². The van der Waals surface area contributed by atoms with Gasteiger partial charge in [0.1, 0.15) is 0 Å². The number of hydrogen-bond acceptors (Lipinski definition) is 1. The number of nitrogens with one attached hydrogen (secondary N) is 1. The molecule has 0 bridgehead atoms. The van der Waals surface area contributed by atoms with Gasteiger partial charge in [-0.3, -0.25) is 0 Å². The van der Waals surface area contributed by atoms with Crippen molar-refractivity contribution in [1.29, 1.82) is 0 Å². The number of amides is 2. The summed E-state index contributed by atoms with van der Waals surface area (Å²) in [5.74, 6) is 3.89. The number of urea groups is 1. The van der Waals surface area contributed by atoms with Crippen LogP contribution in [0.25, 0.3) is 0 Å². The Balaban J connectivity index is 1.90. The summed E-state index contributed by atoms with van der Waals surface area (Å²) >= 11 is 6.27. The predicted octanol–water partition coefficient (Wildman–Crippen LogP) is 4.23. The van der Waals surface area contributed by atoms with Crippen LogP contribution in [0.3, 0.4) is 0 Å². The number of rotatable bonds is 4. The highest BCUT2D eigenvalue weighted by Crippen LogP contribution is 2.58. The van der Waals surface area contributed by atoms with Crippen LogP contribution in [-0.4, -0.2) is 17.5 Å². The summed E-state index contributed by atoms with van der Waals surface area (Å²) in [5.41, 5.74) is 1.79. The lowest BCUT2D eigenvalue weighted by atomic mass is 9.76. The number of benzene rings is 1. The van der Waals surface area contributed by atoms with Gasteiger partial charge in [0.2, 0.25) is 0 Å². The molecule has 0 radical (unpaired) electrons. The summed E-state index contributed by atoms with van der Waals surface area (Å²) in [7, 11) is 0. The summed E-state index contributed by atoms with van der Waals surface area (Å²) in [4.78, 5) is 14.6. The first kappa shape index (κ1) is 14.0. The van der Waals surface area contributed by atoms with Gasteiger partial charge in [-0.1, -0.05) is 30.4 Å². The quantitative estimate of drug-likeness (QED) is 0.829. The average Bonchev–Trinajstić information content (AvgIpc) is 3.36. The second-order valence-electron chi connectivity index (χ2n) is 6.76. The molecular formula is C18H19ClN2O. The molecular weight excluding hydrogens is 296 g/mol. The molecule has 1 N–H and O–H groups in total. The lowest BCUT2D eigenvalue weighted by Gasteiger charge is -2.48. The number of halogens is 1. The van der Waals surface area contributed by atoms with Crippen molar-refractivity contribution in [2.75, 3.05) is 11.9 Å². The first-order valence-electron chi connectivity index (χ1n) is 7.97. The highest BCUT2D eigenvalue weighted by Gasteiger charge is 2.56. The SMILES string of the molecule is C#CCN1C(=O)Nc2ccc(Cl)cc2C1(CC1CC1)C1CC1. The van der Waals surface area contributed by atoms with Gasteiger partial charge in [-0.05, 0) is 49.3 Å². The van der Waals surface area contributed by atoms with E-state index in [1.807, 2.05) is 23.1 Å². The van der Waals surface area contributed by atoms with Crippen molar-refractivity contribution in [1.82, 2.24) is 4.90 Å². The Bertz CT molecular complexity index is 672. The van der Waals surface area contributed by atoms with E-state index in [1.165, 1.54) is 12.8 Å². The van der Waals surface area contributed by atoms with E-state index < -0.39 is 0 Å². The summed E-state index contributed by atoms with van der Waals surface area (Å²) in [6, 6.07) is 5.72. The van der Waals surface area contributed by atoms with Gasteiger partial charge in [0.15, 0.2) is 0 Å². The van der Waals surface area contributed by atoms with Crippen LogP contribution < -0.4 is 5.32 Å². The molecule has 1 atom stereocenters. The third-order valence-corrected chi connectivity index (χ3v) is 5.45. The highest BCUT2D eigenvalue weighted by atomic mass is 35.5. The number of carbonyl (C=O) groups excluding carboxylic acids is 1. The van der Waals surface area contributed by atoms with Crippen LogP contribution in [0.5, 0.6) is 0 Å². The van der Waals surface area contributed by atoms with Crippen LogP contribution in [0.2, 0.25) is 5.02 Å². The van der Waals surface area contributed by atoms with Crippen molar-refractivity contribution >= 4 is 23.3 Å². The third-order valence-electron chi connectivity index (χ3n) is 5.22. The molecule has 0 saturated heterocycles. The number of hydrogen-bond donors (Lipinski definition) is 1. The monoisotopic (exact) mass is 314 g/mol. The van der Waals surface area contributed by atoms with Gasteiger partial charge in [-0.25, -0.2) is 4.79 Å². The minimum atomic E-state index is -0.268. The third kappa shape index (κ3) is 2.09. The maximum absolute atomic E-state index is 12.7. The minimum Gasteiger partial charge on any atom is -0.307 e. The van der Waals surface area contributed by atoms with Crippen molar-refractivity contribution in [2.24, 2.45) is 11.8 Å². The van der Waals surface area contributed by atoms with Crippen molar-refractivity contribution < 1.29 is 4.79 Å². The largest absolute Gasteiger partial charge is 0.323 e. The highest BCUT2D eigenvalue weighted by molar-refractivity contribution is 6.30. The Kier molecular flexibility index (Phi) is 3.13. The summed E-state index contributed by atoms with van der Waals surface area (Å²) in [6.45, 7) is 0.348. The maximum Gasteiger partial charge on any atom is 0.323 e. The zero-order valence-corrected chi connectivity index (χ0v) is 13.2. The second-order valence-corrected chi connectivity index (χ2v) is 7.19. The molecule has 2 amide bonds. The van der Waals surface area contributed by atoms with Crippen molar-refractivity contribution in [3.8, 4) is 12.3 Å². The van der Waals surface area contributed by atoms with Gasteiger partial charge in [0.05, 0.1) is 12.1 Å². The fourth-order valence-corrected chi connectivity index (χ4v) is 4.12. The second kappa shape index (κ2) is 4.93. The first-order chi connectivity index (χ1) is 10.6. The van der Waals surface area contributed by atoms with Crippen LogP contribution >= 0.6 is 11.6 Å². The van der Waals surface area contributed by atoms with E-state index in [1.54, 1.807) is 0 Å². The van der Waals surface area contributed by atoms with Gasteiger partial charge in [0.25, 0.3) is 0 Å². The number of terminal acetylenes is 1. The lowest BCUT2D eigenvalue weighted by molar-refractivity contribution is 0.0922. The lowest BCUT2D eigenvalue weighted by Crippen LogP contribution is -2.56. The Morgan fingerprint density at radius 3 is 2.77 bits per heavy atom. The number of nitrogens with zero attached hydrogens (tertiary/aromatic N) is 1. The van der Waals surface area contributed by atoms with Crippen molar-refractivity contribution in [3.63, 3.8) is 0 Å². The number of fused-ring (bicyclic) bond motifs is 1. The summed E-state index contributed by atoms with van der Waals surface area (Å²) in [6.07, 6.45) is 11.4. The molecule has 0 aromatic heterocycles. The topological polar surface area (TPSA) is 32.3 Å². The van der Waals surface area contributed by atoms with E-state index in [-0.39, 0.29) is 11.6 Å². The molecule has 4 rings (SSSR count). The molecule has 114 valence electrons. The average molecular weight is 315 g/mol. The fraction of sp³-hybridized carbons (Fsp3) is 0.500. The maximum atomic E-state index is 12.7. The Labute approximate surface area is 136 Å². The van der Waals surface area contributed by atoms with Gasteiger partial charge in [-0.15, -0.1) is 6.42 Å². The molecule has 2 saturated carbocycles. The Morgan fingerprint density at radius 1 is 1.36 bits per heavy atom. The molecule has 2 fully saturated rings. The fourth-order valence-electron chi connectivity index (χ4n) is 3.95. The molecule has 1 heterocycles. The number of anilines is 1. The summed E-state index contributed by atoms with van der Waals surface area (Å²) < 4.78 is 0. The molecule has 3 nitrogen and oxygen atoms in total. The molecule has 22 heavy (non-hydrogen) atoms. The van der Waals surface area contributed by atoms with Crippen molar-refractivity contribution in [2.45, 2.75) is 37.6 Å². The smallest absolute Gasteiger partial charge is 0.307 e. The Hall–Kier alpha value is -1.66. The minimum absolute atomic E-state index is 0.0691. The predicted molar refractivity (Wildman–Crippen MR) is 87.8 cm³/mol. The molecule has 1 unspecified atom stereocenters. The molecule has 4 heteroatoms. The molecule has 0 spiro atoms. The van der Waals surface area contributed by atoms with Crippen LogP contribution in [-0.2, 0) is 5.54 Å². The summed E-state index contributed by atoms with van der Waals surface area (Å²) in [5, 5.41) is 3.70. The van der Waals surface area contributed by atoms with E-state index in [0.717, 1.165) is 35.5 Å². The zero-order valence-electron chi connectivity index (χ0n) is 12.4. The normalized spacial score (nSPS) is 27.1. The molecule has 1 aromatic carbocycles. The van der Waals surface area contributed by atoms with Crippen molar-refractivity contribution in [3.05, 3.63) is 28.8 Å². The first-order valence-corrected chi connectivity index (χ1v) is 8.35. The Morgan fingerprint density at radius 2 is 2.14 bits per heavy atom. The van der Waals surface area contributed by atoms with E-state index in [2.05, 4.69) is 11.2 Å². The van der Waals surface area contributed by atoms with Crippen LogP contribution in [0.1, 0.15) is 37.7 Å². The van der Waals surface area contributed by atoms with E-state index >= 15 is 0 Å². The van der Waals surface area contributed by atoms with E-state index in [9.17, 15) is 4.79 Å². The molecule has 3 aliphatic rings. The zero-order chi connectivity index (χ0) is 15.3. The molecule has 1 aliphatic heterocycles. The standard InChI is InChI=1S/C18H19ClN2O/c1-2-9-21-17(22)20-16-8-7-14(19)10-15(16)18(21,13-5-6-13)11-12-3-4-12/h1,7-8,10,12-13H,3-6,9,11H2,(H,20,22). The van der Waals surface area contributed by atoms with E-state index in [4.69, 9.17) is 18.0 Å². The van der Waals surface area contributed by atoms with Crippen LogP contribution in [0, 0.1) is 24.2 Å². The van der Waals surface area contributed by atoms with Crippen LogP contribution in [0.15, 0.2) is 18.2 Å².